The topological polar surface area (TPSA) is 34.2 Å². The molecule has 286 valence electrons. The zero-order valence-electron chi connectivity index (χ0n) is 33.1. The van der Waals surface area contributed by atoms with Gasteiger partial charge in [-0.25, -0.2) is 4.98 Å². The molecular formula is C57H37N3O. The van der Waals surface area contributed by atoms with Gasteiger partial charge in [0.25, 0.3) is 0 Å². The molecule has 0 N–H and O–H groups in total. The summed E-state index contributed by atoms with van der Waals surface area (Å²) >= 11 is 0. The summed E-state index contributed by atoms with van der Waals surface area (Å²) in [5.74, 6) is 0.589. The fourth-order valence-corrected chi connectivity index (χ4v) is 9.25. The Balaban J connectivity index is 1.23. The van der Waals surface area contributed by atoms with Crippen LogP contribution in [0.4, 0.5) is 17.1 Å². The predicted octanol–water partition coefficient (Wildman–Crippen LogP) is 15.7. The highest BCUT2D eigenvalue weighted by Gasteiger charge is 2.28. The highest BCUT2D eigenvalue weighted by atomic mass is 16.3. The fraction of sp³-hybridized carbons (Fsp3) is 0. The summed E-state index contributed by atoms with van der Waals surface area (Å²) in [7, 11) is 0. The maximum absolute atomic E-state index is 7.06. The van der Waals surface area contributed by atoms with E-state index in [4.69, 9.17) is 9.40 Å². The molecule has 2 aromatic heterocycles. The molecule has 0 fully saturated rings. The molecule has 0 unspecified atom stereocenters. The molecule has 0 spiro atoms. The molecule has 61 heavy (non-hydrogen) atoms. The first-order chi connectivity index (χ1) is 30.3. The van der Waals surface area contributed by atoms with E-state index in [1.807, 2.05) is 0 Å². The summed E-state index contributed by atoms with van der Waals surface area (Å²) in [5.41, 5.74) is 13.3. The van der Waals surface area contributed by atoms with Crippen molar-refractivity contribution in [2.45, 2.75) is 0 Å². The fourth-order valence-electron chi connectivity index (χ4n) is 9.25. The van der Waals surface area contributed by atoms with Gasteiger partial charge in [0.05, 0.1) is 28.1 Å². The molecule has 12 aromatic rings. The lowest BCUT2D eigenvalue weighted by Gasteiger charge is -2.29. The van der Waals surface area contributed by atoms with Gasteiger partial charge in [-0.2, -0.15) is 0 Å². The molecule has 10 aromatic carbocycles. The van der Waals surface area contributed by atoms with Crippen molar-refractivity contribution in [1.82, 2.24) is 9.55 Å². The maximum atomic E-state index is 7.06. The van der Waals surface area contributed by atoms with Crippen molar-refractivity contribution in [2.75, 3.05) is 4.90 Å². The molecule has 0 atom stereocenters. The van der Waals surface area contributed by atoms with Gasteiger partial charge in [-0.3, -0.25) is 0 Å². The van der Waals surface area contributed by atoms with E-state index in [0.717, 1.165) is 94.0 Å². The lowest BCUT2D eigenvalue weighted by molar-refractivity contribution is 0.621. The van der Waals surface area contributed by atoms with Crippen LogP contribution in [0.25, 0.3) is 93.8 Å². The van der Waals surface area contributed by atoms with Crippen LogP contribution in [0, 0.1) is 0 Å². The second-order valence-electron chi connectivity index (χ2n) is 15.5. The lowest BCUT2D eigenvalue weighted by atomic mass is 9.95. The molecule has 0 aliphatic rings. The maximum Gasteiger partial charge on any atom is 0.228 e. The van der Waals surface area contributed by atoms with Gasteiger partial charge >= 0.3 is 0 Å². The third-order valence-corrected chi connectivity index (χ3v) is 12.0. The Labute approximate surface area is 352 Å². The molecular weight excluding hydrogens is 743 g/mol. The molecule has 0 amide bonds. The van der Waals surface area contributed by atoms with Crippen LogP contribution in [0.3, 0.4) is 0 Å². The first-order valence-electron chi connectivity index (χ1n) is 20.7. The molecule has 0 aliphatic heterocycles. The molecule has 0 saturated heterocycles. The Kier molecular flexibility index (Phi) is 8.13. The number of nitrogens with zero attached hydrogens (tertiary/aromatic N) is 3. The second-order valence-corrected chi connectivity index (χ2v) is 15.5. The Morgan fingerprint density at radius 3 is 1.85 bits per heavy atom. The molecule has 0 saturated carbocycles. The van der Waals surface area contributed by atoms with E-state index in [1.54, 1.807) is 0 Å². The van der Waals surface area contributed by atoms with Gasteiger partial charge in [-0.05, 0) is 87.4 Å². The summed E-state index contributed by atoms with van der Waals surface area (Å²) in [6.45, 7) is 0. The SMILES string of the molecule is c1ccc(-c2ccc(N(c3cccc4nc(-c5cccc6ccccc56)oc34)c3cc4ccccc4c4c3c3ccccc3n4-c3ccccc3)c(-c3ccccc3)c2)cc1. The van der Waals surface area contributed by atoms with Crippen molar-refractivity contribution < 1.29 is 4.42 Å². The van der Waals surface area contributed by atoms with E-state index in [0.29, 0.717) is 11.5 Å². The number of para-hydroxylation sites is 3. The number of anilines is 3. The number of rotatable bonds is 7. The third-order valence-electron chi connectivity index (χ3n) is 12.0. The standard InChI is InChI=1S/C57H37N3O/c1-4-18-38(19-5-1)41-34-35-51(48(36-41)40-20-6-2-7-21-40)60(52-33-17-31-49-56(52)61-57(58-49)46-30-16-24-39-22-10-12-27-44(39)46)53-37-42-23-11-13-28-45(42)55-54(53)47-29-14-15-32-50(47)59(55)43-25-8-3-9-26-43/h1-37H. The Bertz CT molecular complexity index is 3580. The molecule has 4 nitrogen and oxygen atoms in total. The minimum Gasteiger partial charge on any atom is -0.434 e. The molecule has 0 radical (unpaired) electrons. The van der Waals surface area contributed by atoms with Gasteiger partial charge in [0.2, 0.25) is 5.89 Å². The minimum atomic E-state index is 0.589. The van der Waals surface area contributed by atoms with Gasteiger partial charge < -0.3 is 13.9 Å². The third kappa shape index (κ3) is 5.72. The Hall–Kier alpha value is -8.21. The molecule has 4 heteroatoms. The van der Waals surface area contributed by atoms with Gasteiger partial charge in [0, 0.05) is 33.0 Å². The average molecular weight is 780 g/mol. The van der Waals surface area contributed by atoms with E-state index in [1.165, 1.54) is 5.39 Å². The molecule has 2 heterocycles. The van der Waals surface area contributed by atoms with Crippen LogP contribution in [0.5, 0.6) is 0 Å². The van der Waals surface area contributed by atoms with E-state index >= 15 is 0 Å². The van der Waals surface area contributed by atoms with Crippen LogP contribution in [-0.4, -0.2) is 9.55 Å². The average Bonchev–Trinajstić information content (AvgIpc) is 3.93. The normalized spacial score (nSPS) is 11.6. The van der Waals surface area contributed by atoms with Gasteiger partial charge in [0.15, 0.2) is 5.58 Å². The summed E-state index contributed by atoms with van der Waals surface area (Å²) in [5, 5.41) is 6.87. The van der Waals surface area contributed by atoms with Gasteiger partial charge in [0.1, 0.15) is 5.52 Å². The van der Waals surface area contributed by atoms with Crippen LogP contribution in [0.2, 0.25) is 0 Å². The van der Waals surface area contributed by atoms with Crippen LogP contribution < -0.4 is 4.90 Å². The van der Waals surface area contributed by atoms with Crippen molar-refractivity contribution in [3.05, 3.63) is 224 Å². The largest absolute Gasteiger partial charge is 0.434 e. The first kappa shape index (κ1) is 34.8. The Morgan fingerprint density at radius 1 is 0.410 bits per heavy atom. The lowest BCUT2D eigenvalue weighted by Crippen LogP contribution is -2.12. The number of hydrogen-bond acceptors (Lipinski definition) is 3. The smallest absolute Gasteiger partial charge is 0.228 e. The number of fused-ring (bicyclic) bond motifs is 7. The van der Waals surface area contributed by atoms with Crippen LogP contribution in [-0.2, 0) is 0 Å². The molecule has 12 rings (SSSR count). The van der Waals surface area contributed by atoms with E-state index < -0.39 is 0 Å². The highest BCUT2D eigenvalue weighted by Crippen LogP contribution is 2.51. The Morgan fingerprint density at radius 2 is 1.05 bits per heavy atom. The highest BCUT2D eigenvalue weighted by molar-refractivity contribution is 6.25. The van der Waals surface area contributed by atoms with Crippen molar-refractivity contribution in [1.29, 1.82) is 0 Å². The summed E-state index contributed by atoms with van der Waals surface area (Å²) in [6, 6.07) is 79.9. The first-order valence-corrected chi connectivity index (χ1v) is 20.7. The van der Waals surface area contributed by atoms with Gasteiger partial charge in [-0.15, -0.1) is 0 Å². The van der Waals surface area contributed by atoms with Crippen LogP contribution >= 0.6 is 0 Å². The van der Waals surface area contributed by atoms with Gasteiger partial charge in [-0.1, -0.05) is 170 Å². The van der Waals surface area contributed by atoms with E-state index in [9.17, 15) is 0 Å². The molecule has 0 bridgehead atoms. The summed E-state index contributed by atoms with van der Waals surface area (Å²) < 4.78 is 9.49. The number of hydrogen-bond donors (Lipinski definition) is 0. The minimum absolute atomic E-state index is 0.589. The molecule has 0 aliphatic carbocycles. The zero-order valence-corrected chi connectivity index (χ0v) is 33.1. The van der Waals surface area contributed by atoms with E-state index in [-0.39, 0.29) is 0 Å². The van der Waals surface area contributed by atoms with Crippen molar-refractivity contribution >= 4 is 71.5 Å². The number of benzene rings is 10. The summed E-state index contributed by atoms with van der Waals surface area (Å²) in [4.78, 5) is 7.63. The zero-order chi connectivity index (χ0) is 40.3. The van der Waals surface area contributed by atoms with Crippen LogP contribution in [0.15, 0.2) is 229 Å². The van der Waals surface area contributed by atoms with Crippen molar-refractivity contribution in [2.24, 2.45) is 0 Å². The second kappa shape index (κ2) is 14.3. The van der Waals surface area contributed by atoms with Crippen molar-refractivity contribution in [3.63, 3.8) is 0 Å². The van der Waals surface area contributed by atoms with Crippen molar-refractivity contribution in [3.8, 4) is 39.4 Å². The predicted molar refractivity (Wildman–Crippen MR) is 254 cm³/mol. The van der Waals surface area contributed by atoms with E-state index in [2.05, 4.69) is 234 Å². The monoisotopic (exact) mass is 779 g/mol. The quantitative estimate of drug-likeness (QED) is 0.162. The number of oxazole rings is 1. The summed E-state index contributed by atoms with van der Waals surface area (Å²) in [6.07, 6.45) is 0. The van der Waals surface area contributed by atoms with Crippen LogP contribution in [0.1, 0.15) is 0 Å². The number of aromatic nitrogens is 2.